The maximum absolute atomic E-state index is 12.8. The van der Waals surface area contributed by atoms with Gasteiger partial charge in [-0.3, -0.25) is 9.59 Å². The SMILES string of the molecule is CC(C)NC(=O)N1CCNC[C@@H]1C(=O)N[C@@H](CC1CCCCC1)C(N)=O. The van der Waals surface area contributed by atoms with Crippen molar-refractivity contribution in [2.75, 3.05) is 19.6 Å². The van der Waals surface area contributed by atoms with E-state index >= 15 is 0 Å². The number of piperazine rings is 1. The molecule has 1 aliphatic heterocycles. The molecule has 2 fully saturated rings. The number of nitrogens with two attached hydrogens (primary N) is 1. The number of nitrogens with one attached hydrogen (secondary N) is 3. The van der Waals surface area contributed by atoms with Crippen molar-refractivity contribution in [1.29, 1.82) is 0 Å². The molecule has 1 saturated carbocycles. The second-order valence-electron chi connectivity index (χ2n) is 7.72. The maximum atomic E-state index is 12.8. The highest BCUT2D eigenvalue weighted by Gasteiger charge is 2.34. The zero-order valence-corrected chi connectivity index (χ0v) is 15.9. The number of hydrogen-bond acceptors (Lipinski definition) is 4. The van der Waals surface area contributed by atoms with Crippen LogP contribution < -0.4 is 21.7 Å². The lowest BCUT2D eigenvalue weighted by Crippen LogP contribution is -2.63. The highest BCUT2D eigenvalue weighted by molar-refractivity contribution is 5.91. The molecule has 5 N–H and O–H groups in total. The third-order valence-electron chi connectivity index (χ3n) is 5.17. The summed E-state index contributed by atoms with van der Waals surface area (Å²) in [5.74, 6) is -0.409. The predicted molar refractivity (Wildman–Crippen MR) is 99.3 cm³/mol. The third kappa shape index (κ3) is 5.86. The van der Waals surface area contributed by atoms with Crippen molar-refractivity contribution in [2.24, 2.45) is 11.7 Å². The van der Waals surface area contributed by atoms with E-state index in [4.69, 9.17) is 5.73 Å². The van der Waals surface area contributed by atoms with Gasteiger partial charge >= 0.3 is 6.03 Å². The molecule has 0 spiro atoms. The van der Waals surface area contributed by atoms with Gasteiger partial charge in [-0.1, -0.05) is 32.1 Å². The van der Waals surface area contributed by atoms with Gasteiger partial charge in [0, 0.05) is 25.7 Å². The van der Waals surface area contributed by atoms with Gasteiger partial charge in [-0.2, -0.15) is 0 Å². The van der Waals surface area contributed by atoms with E-state index in [1.807, 2.05) is 13.8 Å². The summed E-state index contributed by atoms with van der Waals surface area (Å²) in [7, 11) is 0. The highest BCUT2D eigenvalue weighted by atomic mass is 16.2. The molecule has 0 bridgehead atoms. The van der Waals surface area contributed by atoms with Crippen LogP contribution in [0.2, 0.25) is 0 Å². The first kappa shape index (κ1) is 20.5. The van der Waals surface area contributed by atoms with Gasteiger partial charge in [-0.05, 0) is 26.2 Å². The fourth-order valence-electron chi connectivity index (χ4n) is 3.78. The molecule has 1 aliphatic carbocycles. The van der Waals surface area contributed by atoms with Crippen LogP contribution in [0.5, 0.6) is 0 Å². The maximum Gasteiger partial charge on any atom is 0.318 e. The Hall–Kier alpha value is -1.83. The lowest BCUT2D eigenvalue weighted by Gasteiger charge is -2.36. The fraction of sp³-hybridized carbons (Fsp3) is 0.833. The van der Waals surface area contributed by atoms with E-state index in [0.717, 1.165) is 12.8 Å². The molecule has 0 radical (unpaired) electrons. The quantitative estimate of drug-likeness (QED) is 0.541. The van der Waals surface area contributed by atoms with Crippen molar-refractivity contribution in [3.63, 3.8) is 0 Å². The smallest absolute Gasteiger partial charge is 0.318 e. The van der Waals surface area contributed by atoms with Gasteiger partial charge in [-0.25, -0.2) is 4.79 Å². The van der Waals surface area contributed by atoms with Crippen molar-refractivity contribution < 1.29 is 14.4 Å². The molecular weight excluding hydrogens is 334 g/mol. The summed E-state index contributed by atoms with van der Waals surface area (Å²) < 4.78 is 0. The molecule has 1 saturated heterocycles. The minimum atomic E-state index is -0.678. The molecule has 26 heavy (non-hydrogen) atoms. The Bertz CT molecular complexity index is 505. The Balaban J connectivity index is 1.98. The van der Waals surface area contributed by atoms with Gasteiger partial charge in [0.15, 0.2) is 0 Å². The van der Waals surface area contributed by atoms with E-state index in [2.05, 4.69) is 16.0 Å². The minimum Gasteiger partial charge on any atom is -0.368 e. The Morgan fingerprint density at radius 3 is 2.46 bits per heavy atom. The Morgan fingerprint density at radius 1 is 1.15 bits per heavy atom. The zero-order valence-electron chi connectivity index (χ0n) is 15.9. The number of hydrogen-bond donors (Lipinski definition) is 4. The number of rotatable bonds is 6. The van der Waals surface area contributed by atoms with E-state index in [1.165, 1.54) is 24.2 Å². The number of nitrogens with zero attached hydrogens (tertiary/aromatic N) is 1. The van der Waals surface area contributed by atoms with Crippen LogP contribution in [0.4, 0.5) is 4.79 Å². The molecule has 2 atom stereocenters. The normalized spacial score (nSPS) is 22.7. The molecule has 8 heteroatoms. The first-order valence-electron chi connectivity index (χ1n) is 9.76. The second-order valence-corrected chi connectivity index (χ2v) is 7.72. The monoisotopic (exact) mass is 367 g/mol. The molecule has 0 aromatic heterocycles. The molecule has 2 aliphatic rings. The van der Waals surface area contributed by atoms with Gasteiger partial charge in [0.1, 0.15) is 12.1 Å². The second kappa shape index (κ2) is 9.75. The summed E-state index contributed by atoms with van der Waals surface area (Å²) in [4.78, 5) is 38.5. The van der Waals surface area contributed by atoms with Crippen LogP contribution in [0.15, 0.2) is 0 Å². The largest absolute Gasteiger partial charge is 0.368 e. The summed E-state index contributed by atoms with van der Waals surface area (Å²) >= 11 is 0. The van der Waals surface area contributed by atoms with Crippen LogP contribution in [0.25, 0.3) is 0 Å². The molecule has 8 nitrogen and oxygen atoms in total. The van der Waals surface area contributed by atoms with Crippen molar-refractivity contribution in [3.05, 3.63) is 0 Å². The lowest BCUT2D eigenvalue weighted by atomic mass is 9.84. The third-order valence-corrected chi connectivity index (χ3v) is 5.17. The Labute approximate surface area is 155 Å². The van der Waals surface area contributed by atoms with Crippen molar-refractivity contribution in [3.8, 4) is 0 Å². The highest BCUT2D eigenvalue weighted by Crippen LogP contribution is 2.27. The van der Waals surface area contributed by atoms with E-state index < -0.39 is 18.0 Å². The fourth-order valence-corrected chi connectivity index (χ4v) is 3.78. The van der Waals surface area contributed by atoms with E-state index in [9.17, 15) is 14.4 Å². The van der Waals surface area contributed by atoms with Crippen LogP contribution in [0.1, 0.15) is 52.4 Å². The predicted octanol–water partition coefficient (Wildman–Crippen LogP) is 0.319. The van der Waals surface area contributed by atoms with Gasteiger partial charge in [0.05, 0.1) is 0 Å². The van der Waals surface area contributed by atoms with Crippen LogP contribution in [-0.2, 0) is 9.59 Å². The lowest BCUT2D eigenvalue weighted by molar-refractivity contribution is -0.131. The van der Waals surface area contributed by atoms with E-state index in [-0.39, 0.29) is 18.0 Å². The molecule has 1 heterocycles. The molecular formula is C18H33N5O3. The summed E-state index contributed by atoms with van der Waals surface area (Å²) in [5, 5.41) is 8.76. The summed E-state index contributed by atoms with van der Waals surface area (Å²) in [6.07, 6.45) is 6.30. The van der Waals surface area contributed by atoms with E-state index in [0.29, 0.717) is 32.0 Å². The summed E-state index contributed by atoms with van der Waals surface area (Å²) in [6, 6.07) is -1.59. The molecule has 0 aromatic rings. The topological polar surface area (TPSA) is 117 Å². The average Bonchev–Trinajstić information content (AvgIpc) is 2.61. The Morgan fingerprint density at radius 2 is 1.85 bits per heavy atom. The van der Waals surface area contributed by atoms with Gasteiger partial charge in [0.2, 0.25) is 11.8 Å². The first-order valence-corrected chi connectivity index (χ1v) is 9.76. The van der Waals surface area contributed by atoms with Crippen LogP contribution in [0.3, 0.4) is 0 Å². The van der Waals surface area contributed by atoms with E-state index in [1.54, 1.807) is 0 Å². The average molecular weight is 367 g/mol. The summed E-state index contributed by atoms with van der Waals surface area (Å²) in [5.41, 5.74) is 5.53. The first-order chi connectivity index (χ1) is 12.4. The standard InChI is InChI=1S/C18H33N5O3/c1-12(2)21-18(26)23-9-8-20-11-15(23)17(25)22-14(16(19)24)10-13-6-4-3-5-7-13/h12-15,20H,3-11H2,1-2H3,(H2,19,24)(H,21,26)(H,22,25)/t14-,15+/m0/s1. The number of carbonyl (C=O) groups is 3. The minimum absolute atomic E-state index is 0.00855. The molecule has 4 amide bonds. The van der Waals surface area contributed by atoms with Crippen molar-refractivity contribution in [1.82, 2.24) is 20.9 Å². The van der Waals surface area contributed by atoms with Gasteiger partial charge in [0.25, 0.3) is 0 Å². The van der Waals surface area contributed by atoms with Gasteiger partial charge in [-0.15, -0.1) is 0 Å². The molecule has 0 aromatic carbocycles. The summed E-state index contributed by atoms with van der Waals surface area (Å²) in [6.45, 7) is 5.20. The number of primary amides is 1. The molecule has 148 valence electrons. The number of amides is 4. The number of urea groups is 1. The number of carbonyl (C=O) groups excluding carboxylic acids is 3. The Kier molecular flexibility index (Phi) is 7.68. The van der Waals surface area contributed by atoms with Crippen LogP contribution in [-0.4, -0.2) is 60.5 Å². The van der Waals surface area contributed by atoms with Crippen LogP contribution in [0, 0.1) is 5.92 Å². The van der Waals surface area contributed by atoms with Crippen LogP contribution >= 0.6 is 0 Å². The van der Waals surface area contributed by atoms with Gasteiger partial charge < -0.3 is 26.6 Å². The van der Waals surface area contributed by atoms with Crippen molar-refractivity contribution >= 4 is 17.8 Å². The zero-order chi connectivity index (χ0) is 19.1. The molecule has 2 rings (SSSR count). The molecule has 0 unspecified atom stereocenters. The van der Waals surface area contributed by atoms with Crippen molar-refractivity contribution in [2.45, 2.75) is 70.5 Å².